The lowest BCUT2D eigenvalue weighted by atomic mass is 9.86. The van der Waals surface area contributed by atoms with E-state index in [0.717, 1.165) is 63.2 Å². The van der Waals surface area contributed by atoms with Gasteiger partial charge < -0.3 is 14.7 Å². The van der Waals surface area contributed by atoms with Crippen LogP contribution in [0.25, 0.3) is 10.8 Å². The second-order valence-corrected chi connectivity index (χ2v) is 13.3. The molecule has 2 saturated heterocycles. The highest BCUT2D eigenvalue weighted by Crippen LogP contribution is 2.27. The number of aldehydes is 1. The van der Waals surface area contributed by atoms with Gasteiger partial charge in [-0.3, -0.25) is 28.5 Å². The van der Waals surface area contributed by atoms with E-state index in [1.54, 1.807) is 18.2 Å². The molecule has 10 nitrogen and oxygen atoms in total. The molecule has 0 spiro atoms. The summed E-state index contributed by atoms with van der Waals surface area (Å²) in [5.41, 5.74) is 1.19. The zero-order valence-corrected chi connectivity index (χ0v) is 29.0. The van der Waals surface area contributed by atoms with Crippen LogP contribution in [0.1, 0.15) is 67.1 Å². The Bertz CT molecular complexity index is 1600. The molecule has 6 rings (SSSR count). The number of hydrogen-bond donors (Lipinski definition) is 1. The van der Waals surface area contributed by atoms with Crippen LogP contribution >= 0.6 is 0 Å². The minimum absolute atomic E-state index is 0.0150. The van der Waals surface area contributed by atoms with Crippen molar-refractivity contribution in [2.24, 2.45) is 5.92 Å². The van der Waals surface area contributed by atoms with Gasteiger partial charge in [-0.15, -0.1) is 0 Å². The van der Waals surface area contributed by atoms with Gasteiger partial charge in [0, 0.05) is 70.1 Å². The Morgan fingerprint density at radius 3 is 2.31 bits per heavy atom. The smallest absolute Gasteiger partial charge is 0.272 e. The maximum absolute atomic E-state index is 13.3. The van der Waals surface area contributed by atoms with Crippen LogP contribution in [0.4, 0.5) is 8.78 Å². The Labute approximate surface area is 287 Å². The maximum atomic E-state index is 13.3. The summed E-state index contributed by atoms with van der Waals surface area (Å²) < 4.78 is 22.8. The average molecular weight is 681 g/mol. The Kier molecular flexibility index (Phi) is 14.4. The number of aromatic nitrogens is 2. The molecule has 3 aromatic rings. The van der Waals surface area contributed by atoms with Gasteiger partial charge in [0.05, 0.1) is 30.4 Å². The lowest BCUT2D eigenvalue weighted by molar-refractivity contribution is -0.138. The van der Waals surface area contributed by atoms with E-state index in [2.05, 4.69) is 38.9 Å². The third-order valence-corrected chi connectivity index (χ3v) is 9.77. The number of rotatable bonds is 7. The number of alkyl halides is 1. The summed E-state index contributed by atoms with van der Waals surface area (Å²) in [5.74, 6) is 0.620. The molecule has 1 aliphatic carbocycles. The molecule has 3 fully saturated rings. The number of carbonyl (C=O) groups is 3. The highest BCUT2D eigenvalue weighted by molar-refractivity contribution is 5.84. The normalized spacial score (nSPS) is 19.0. The SMILES string of the molecule is CC1CN(CC(=O)N2CCN(C)CC2)CCN1C(=O)CC1CCCCC1.CF.O=Cc1cc(Cc2n[nH]c(=O)c3ccccc23)ccc1F. The molecule has 1 saturated carbocycles. The summed E-state index contributed by atoms with van der Waals surface area (Å²) in [7, 11) is 2.60. The Balaban J connectivity index is 0.000000214. The van der Waals surface area contributed by atoms with Gasteiger partial charge in [-0.1, -0.05) is 43.5 Å². The summed E-state index contributed by atoms with van der Waals surface area (Å²) in [6.07, 6.45) is 7.96. The van der Waals surface area contributed by atoms with Gasteiger partial charge in [0.15, 0.2) is 6.29 Å². The minimum Gasteiger partial charge on any atom is -0.339 e. The number of fused-ring (bicyclic) bond motifs is 1. The molecular weight excluding hydrogens is 630 g/mol. The summed E-state index contributed by atoms with van der Waals surface area (Å²) >= 11 is 0. The van der Waals surface area contributed by atoms with Crippen molar-refractivity contribution in [3.05, 3.63) is 75.5 Å². The van der Waals surface area contributed by atoms with Crippen LogP contribution < -0.4 is 5.56 Å². The number of piperazine rings is 2. The van der Waals surface area contributed by atoms with E-state index in [4.69, 9.17) is 0 Å². The second-order valence-electron chi connectivity index (χ2n) is 13.3. The minimum atomic E-state index is -0.548. The summed E-state index contributed by atoms with van der Waals surface area (Å²) in [4.78, 5) is 56.3. The zero-order valence-electron chi connectivity index (χ0n) is 29.0. The molecule has 2 amide bonds. The molecule has 12 heteroatoms. The second kappa shape index (κ2) is 18.7. The fraction of sp³-hybridized carbons (Fsp3) is 0.541. The number of carbonyl (C=O) groups excluding carboxylic acids is 3. The van der Waals surface area contributed by atoms with Crippen molar-refractivity contribution in [1.82, 2.24) is 29.8 Å². The Morgan fingerprint density at radius 1 is 0.939 bits per heavy atom. The molecule has 1 N–H and O–H groups in total. The molecule has 3 aliphatic rings. The largest absolute Gasteiger partial charge is 0.339 e. The first kappa shape index (κ1) is 37.8. The third-order valence-electron chi connectivity index (χ3n) is 9.77. The van der Waals surface area contributed by atoms with Gasteiger partial charge in [-0.05, 0) is 56.5 Å². The van der Waals surface area contributed by atoms with Crippen LogP contribution in [0, 0.1) is 11.7 Å². The van der Waals surface area contributed by atoms with Gasteiger partial charge in [-0.25, -0.2) is 9.49 Å². The summed E-state index contributed by atoms with van der Waals surface area (Å²) in [6, 6.07) is 11.7. The highest BCUT2D eigenvalue weighted by atomic mass is 19.1. The molecule has 1 aromatic heterocycles. The highest BCUT2D eigenvalue weighted by Gasteiger charge is 2.31. The molecule has 0 radical (unpaired) electrons. The Morgan fingerprint density at radius 2 is 1.63 bits per heavy atom. The van der Waals surface area contributed by atoms with Gasteiger partial charge in [0.1, 0.15) is 5.82 Å². The molecule has 2 aromatic carbocycles. The first-order valence-electron chi connectivity index (χ1n) is 17.3. The quantitative estimate of drug-likeness (QED) is 0.371. The first-order valence-corrected chi connectivity index (χ1v) is 17.3. The lowest BCUT2D eigenvalue weighted by Crippen LogP contribution is -2.57. The molecule has 0 bridgehead atoms. The molecule has 2 aliphatic heterocycles. The van der Waals surface area contributed by atoms with Crippen LogP contribution in [0.3, 0.4) is 0 Å². The molecule has 3 heterocycles. The van der Waals surface area contributed by atoms with Crippen molar-refractivity contribution in [3.8, 4) is 0 Å². The first-order chi connectivity index (χ1) is 23.7. The van der Waals surface area contributed by atoms with E-state index in [0.29, 0.717) is 49.3 Å². The molecule has 1 unspecified atom stereocenters. The predicted molar refractivity (Wildman–Crippen MR) is 187 cm³/mol. The van der Waals surface area contributed by atoms with Gasteiger partial charge >= 0.3 is 0 Å². The average Bonchev–Trinajstić information content (AvgIpc) is 3.12. The fourth-order valence-electron chi connectivity index (χ4n) is 6.94. The third kappa shape index (κ3) is 10.5. The topological polar surface area (TPSA) is 110 Å². The van der Waals surface area contributed by atoms with E-state index < -0.39 is 5.82 Å². The Hall–Kier alpha value is -4.03. The number of aromatic amines is 1. The maximum Gasteiger partial charge on any atom is 0.272 e. The van der Waals surface area contributed by atoms with Crippen LogP contribution in [-0.2, 0) is 16.0 Å². The van der Waals surface area contributed by atoms with E-state index in [1.807, 2.05) is 17.0 Å². The zero-order chi connectivity index (χ0) is 35.3. The van der Waals surface area contributed by atoms with E-state index in [9.17, 15) is 28.0 Å². The lowest BCUT2D eigenvalue weighted by Gasteiger charge is -2.41. The van der Waals surface area contributed by atoms with Crippen molar-refractivity contribution in [3.63, 3.8) is 0 Å². The van der Waals surface area contributed by atoms with Crippen molar-refractivity contribution >= 4 is 28.9 Å². The van der Waals surface area contributed by atoms with Crippen LogP contribution in [0.5, 0.6) is 0 Å². The van der Waals surface area contributed by atoms with Crippen molar-refractivity contribution < 1.29 is 23.2 Å². The van der Waals surface area contributed by atoms with Crippen LogP contribution in [-0.4, -0.2) is 121 Å². The predicted octanol–water partition coefficient (Wildman–Crippen LogP) is 4.31. The summed E-state index contributed by atoms with van der Waals surface area (Å²) in [5, 5.41) is 7.82. The molecular formula is C37H50F2N6O4. The number of likely N-dealkylation sites (N-methyl/N-ethyl adjacent to an activating group) is 1. The van der Waals surface area contributed by atoms with Crippen molar-refractivity contribution in [1.29, 1.82) is 0 Å². The molecule has 49 heavy (non-hydrogen) atoms. The van der Waals surface area contributed by atoms with Gasteiger partial charge in [0.2, 0.25) is 11.8 Å². The van der Waals surface area contributed by atoms with E-state index in [-0.39, 0.29) is 23.1 Å². The summed E-state index contributed by atoms with van der Waals surface area (Å²) in [6.45, 7) is 8.63. The number of nitrogens with zero attached hydrogens (tertiary/aromatic N) is 5. The van der Waals surface area contributed by atoms with Crippen molar-refractivity contribution in [2.75, 3.05) is 66.6 Å². The van der Waals surface area contributed by atoms with Crippen LogP contribution in [0.2, 0.25) is 0 Å². The number of halogens is 2. The van der Waals surface area contributed by atoms with Gasteiger partial charge in [-0.2, -0.15) is 5.10 Å². The molecule has 1 atom stereocenters. The fourth-order valence-corrected chi connectivity index (χ4v) is 6.94. The number of benzene rings is 2. The van der Waals surface area contributed by atoms with Crippen molar-refractivity contribution in [2.45, 2.75) is 57.9 Å². The number of amides is 2. The number of hydrogen-bond acceptors (Lipinski definition) is 7. The van der Waals surface area contributed by atoms with Gasteiger partial charge in [0.25, 0.3) is 5.56 Å². The number of H-pyrrole nitrogens is 1. The van der Waals surface area contributed by atoms with E-state index in [1.165, 1.54) is 44.2 Å². The standard InChI is InChI=1S/C20H36N4O2.C16H11FN2O2.CH3F/c1-17-15-22(16-20(26)23-11-8-21(2)9-12-23)10-13-24(17)19(25)14-18-6-4-3-5-7-18;17-14-6-5-10(7-11(14)9-20)8-15-12-3-1-2-4-13(12)16(21)19-18-15;1-2/h17-18H,3-16H2,1-2H3;1-7,9H,8H2,(H,19,21);1H3. The monoisotopic (exact) mass is 680 g/mol. The van der Waals surface area contributed by atoms with E-state index >= 15 is 0 Å². The molecule has 266 valence electrons. The number of nitrogens with one attached hydrogen (secondary N) is 1. The van der Waals surface area contributed by atoms with Crippen LogP contribution in [0.15, 0.2) is 47.3 Å².